The number of hydrogen-bond donors (Lipinski definition) is 0. The number of para-hydroxylation sites is 1. The van der Waals surface area contributed by atoms with Crippen LogP contribution in [0.3, 0.4) is 0 Å². The van der Waals surface area contributed by atoms with Crippen molar-refractivity contribution in [1.29, 1.82) is 0 Å². The van der Waals surface area contributed by atoms with Crippen LogP contribution < -0.4 is 25.4 Å². The number of halogens is 1. The third-order valence-electron chi connectivity index (χ3n) is 6.18. The lowest BCUT2D eigenvalue weighted by molar-refractivity contribution is -0.597. The summed E-state index contributed by atoms with van der Waals surface area (Å²) in [5.74, 6) is 0.0301. The van der Waals surface area contributed by atoms with Crippen molar-refractivity contribution in [1.82, 2.24) is 0 Å². The summed E-state index contributed by atoms with van der Waals surface area (Å²) in [5, 5.41) is 0. The maximum Gasteiger partial charge on any atom is 0.357 e. The van der Waals surface area contributed by atoms with Gasteiger partial charge in [-0.05, 0) is 71.2 Å². The minimum atomic E-state index is -4.63. The first-order valence-corrected chi connectivity index (χ1v) is 14.9. The lowest BCUT2D eigenvalue weighted by atomic mass is 9.82. The van der Waals surface area contributed by atoms with Gasteiger partial charge in [0, 0.05) is 0 Å². The Labute approximate surface area is 216 Å². The van der Waals surface area contributed by atoms with E-state index in [2.05, 4.69) is 94.3 Å². The standard InChI is InChI=1S/C22H30I.C6H6O4S/c1-7-21(3,4)17-9-13-19(14-10-17)23-20-15-11-18(12-16-20)22(5,6)8-2;7-11(8,9)10-6-4-2-1-3-5-6/h9-16H,7-8H2,1-6H3;1-5H,(H,7,8,9)/q+1;/p-1. The van der Waals surface area contributed by atoms with E-state index in [1.165, 1.54) is 43.2 Å². The molecule has 34 heavy (non-hydrogen) atoms. The van der Waals surface area contributed by atoms with Gasteiger partial charge < -0.3 is 8.74 Å². The first-order valence-electron chi connectivity index (χ1n) is 11.4. The topological polar surface area (TPSA) is 66.4 Å². The monoisotopic (exact) mass is 594 g/mol. The predicted octanol–water partition coefficient (Wildman–Crippen LogP) is 3.72. The molecule has 0 aliphatic carbocycles. The SMILES string of the molecule is CCC(C)(C)c1ccc([I+]c2ccc(C(C)(C)CC)cc2)cc1.O=S(=O)([O-])Oc1ccccc1. The minimum Gasteiger partial charge on any atom is -0.716 e. The van der Waals surface area contributed by atoms with E-state index in [-0.39, 0.29) is 37.8 Å². The average Bonchev–Trinajstić information content (AvgIpc) is 2.80. The number of benzene rings is 3. The molecular weight excluding hydrogens is 559 g/mol. The Hall–Kier alpha value is -1.90. The molecule has 184 valence electrons. The first kappa shape index (κ1) is 28.3. The second-order valence-corrected chi connectivity index (χ2v) is 13.4. The largest absolute Gasteiger partial charge is 0.716 e. The van der Waals surface area contributed by atoms with Gasteiger partial charge in [-0.1, -0.05) is 84.0 Å². The summed E-state index contributed by atoms with van der Waals surface area (Å²) < 4.78 is 37.1. The van der Waals surface area contributed by atoms with Crippen LogP contribution in [0.2, 0.25) is 0 Å². The van der Waals surface area contributed by atoms with Crippen LogP contribution in [0.5, 0.6) is 5.75 Å². The minimum absolute atomic E-state index is 0.0301. The molecule has 3 rings (SSSR count). The fraction of sp³-hybridized carbons (Fsp3) is 0.357. The molecule has 0 unspecified atom stereocenters. The predicted molar refractivity (Wildman–Crippen MR) is 134 cm³/mol. The van der Waals surface area contributed by atoms with Crippen LogP contribution in [0.1, 0.15) is 65.5 Å². The van der Waals surface area contributed by atoms with Crippen molar-refractivity contribution in [3.05, 3.63) is 97.1 Å². The van der Waals surface area contributed by atoms with E-state index in [1.807, 2.05) is 0 Å². The zero-order valence-corrected chi connectivity index (χ0v) is 23.8. The summed E-state index contributed by atoms with van der Waals surface area (Å²) in [7, 11) is -4.63. The maximum atomic E-state index is 10.0. The van der Waals surface area contributed by atoms with Crippen molar-refractivity contribution >= 4 is 10.4 Å². The lowest BCUT2D eigenvalue weighted by Gasteiger charge is -2.23. The van der Waals surface area contributed by atoms with E-state index >= 15 is 0 Å². The van der Waals surface area contributed by atoms with Crippen LogP contribution in [0, 0.1) is 7.14 Å². The molecule has 4 nitrogen and oxygen atoms in total. The molecule has 0 N–H and O–H groups in total. The van der Waals surface area contributed by atoms with Gasteiger partial charge in [-0.25, -0.2) is 8.42 Å². The highest BCUT2D eigenvalue weighted by Gasteiger charge is 2.22. The Morgan fingerprint density at radius 2 is 1.09 bits per heavy atom. The summed E-state index contributed by atoms with van der Waals surface area (Å²) in [6.07, 6.45) is 2.35. The van der Waals surface area contributed by atoms with Crippen LogP contribution in [0.4, 0.5) is 0 Å². The fourth-order valence-corrected chi connectivity index (χ4v) is 5.56. The van der Waals surface area contributed by atoms with Crippen LogP contribution in [-0.4, -0.2) is 13.0 Å². The highest BCUT2D eigenvalue weighted by atomic mass is 127. The van der Waals surface area contributed by atoms with Gasteiger partial charge in [0.1, 0.15) is 5.75 Å². The smallest absolute Gasteiger partial charge is 0.357 e. The Bertz CT molecular complexity index is 1060. The van der Waals surface area contributed by atoms with Crippen molar-refractivity contribution in [3.63, 3.8) is 0 Å². The summed E-state index contributed by atoms with van der Waals surface area (Å²) in [5.41, 5.74) is 3.47. The molecule has 0 aliphatic heterocycles. The zero-order chi connectivity index (χ0) is 25.4. The second-order valence-electron chi connectivity index (χ2n) is 9.39. The van der Waals surface area contributed by atoms with Gasteiger partial charge in [-0.2, -0.15) is 0 Å². The molecule has 0 aliphatic rings. The van der Waals surface area contributed by atoms with E-state index in [0.29, 0.717) is 0 Å². The molecule has 0 radical (unpaired) electrons. The van der Waals surface area contributed by atoms with Crippen molar-refractivity contribution in [3.8, 4) is 5.75 Å². The van der Waals surface area contributed by atoms with Crippen molar-refractivity contribution in [2.45, 2.75) is 65.2 Å². The van der Waals surface area contributed by atoms with Gasteiger partial charge >= 0.3 is 21.2 Å². The summed E-state index contributed by atoms with van der Waals surface area (Å²) in [4.78, 5) is 0. The van der Waals surface area contributed by atoms with Crippen LogP contribution in [0.25, 0.3) is 0 Å². The molecule has 0 saturated carbocycles. The van der Waals surface area contributed by atoms with E-state index in [0.717, 1.165) is 0 Å². The molecule has 0 bridgehead atoms. The summed E-state index contributed by atoms with van der Waals surface area (Å²) in [6.45, 7) is 13.8. The lowest BCUT2D eigenvalue weighted by Crippen LogP contribution is -3.61. The Morgan fingerprint density at radius 1 is 0.706 bits per heavy atom. The van der Waals surface area contributed by atoms with Crippen molar-refractivity contribution in [2.75, 3.05) is 0 Å². The fourth-order valence-electron chi connectivity index (χ4n) is 3.06. The molecule has 6 heteroatoms. The van der Waals surface area contributed by atoms with Gasteiger partial charge in [0.25, 0.3) is 10.4 Å². The third-order valence-corrected chi connectivity index (χ3v) is 9.26. The normalized spacial score (nSPS) is 12.0. The Balaban J connectivity index is 0.000000310. The molecule has 3 aromatic rings. The molecular formula is C28H35IO4S. The molecule has 0 saturated heterocycles. The molecule has 0 amide bonds. The maximum absolute atomic E-state index is 10.0. The number of hydrogen-bond acceptors (Lipinski definition) is 4. The number of rotatable bonds is 8. The molecule has 3 aromatic carbocycles. The van der Waals surface area contributed by atoms with E-state index in [9.17, 15) is 13.0 Å². The highest BCUT2D eigenvalue weighted by Crippen LogP contribution is 2.26. The first-order chi connectivity index (χ1) is 15.9. The van der Waals surface area contributed by atoms with Gasteiger partial charge in [-0.3, -0.25) is 0 Å². The molecule has 0 fully saturated rings. The van der Waals surface area contributed by atoms with Crippen LogP contribution in [0.15, 0.2) is 78.9 Å². The third kappa shape index (κ3) is 9.04. The molecule has 0 atom stereocenters. The van der Waals surface area contributed by atoms with E-state index in [1.54, 1.807) is 18.2 Å². The van der Waals surface area contributed by atoms with Crippen LogP contribution in [-0.2, 0) is 21.2 Å². The Morgan fingerprint density at radius 3 is 1.41 bits per heavy atom. The van der Waals surface area contributed by atoms with Crippen LogP contribution >= 0.6 is 0 Å². The second kappa shape index (κ2) is 12.2. The summed E-state index contributed by atoms with van der Waals surface area (Å²) >= 11 is -0.0793. The van der Waals surface area contributed by atoms with Gasteiger partial charge in [-0.15, -0.1) is 0 Å². The zero-order valence-electron chi connectivity index (χ0n) is 20.8. The molecule has 0 heterocycles. The Kier molecular flexibility index (Phi) is 10.2. The molecule has 0 aromatic heterocycles. The quantitative estimate of drug-likeness (QED) is 0.227. The average molecular weight is 595 g/mol. The van der Waals surface area contributed by atoms with Crippen molar-refractivity contribution in [2.24, 2.45) is 0 Å². The van der Waals surface area contributed by atoms with E-state index < -0.39 is 10.4 Å². The highest BCUT2D eigenvalue weighted by molar-refractivity contribution is 7.81. The van der Waals surface area contributed by atoms with Gasteiger partial charge in [0.2, 0.25) is 0 Å². The molecule has 0 spiro atoms. The van der Waals surface area contributed by atoms with Gasteiger partial charge in [0.05, 0.1) is 0 Å². The van der Waals surface area contributed by atoms with E-state index in [4.69, 9.17) is 0 Å². The summed E-state index contributed by atoms with van der Waals surface area (Å²) in [6, 6.07) is 26.2. The van der Waals surface area contributed by atoms with Crippen molar-refractivity contribution < 1.29 is 38.4 Å². The van der Waals surface area contributed by atoms with Gasteiger partial charge in [0.15, 0.2) is 7.14 Å².